The maximum absolute atomic E-state index is 3.77. The van der Waals surface area contributed by atoms with Crippen LogP contribution in [0.2, 0.25) is 0 Å². The van der Waals surface area contributed by atoms with Crippen molar-refractivity contribution in [3.8, 4) is 0 Å². The number of hydrogen-bond acceptors (Lipinski definition) is 1. The van der Waals surface area contributed by atoms with E-state index in [4.69, 9.17) is 0 Å². The van der Waals surface area contributed by atoms with Crippen molar-refractivity contribution >= 4 is 0 Å². The zero-order valence-corrected chi connectivity index (χ0v) is 8.92. The number of nitrogens with zero attached hydrogens (tertiary/aromatic N) is 1. The monoisotopic (exact) mass is 179 g/mol. The summed E-state index contributed by atoms with van der Waals surface area (Å²) in [6.07, 6.45) is 9.46. The molecule has 0 N–H and O–H groups in total. The fourth-order valence-corrected chi connectivity index (χ4v) is 1.20. The lowest BCUT2D eigenvalue weighted by Crippen LogP contribution is -2.17. The smallest absolute Gasteiger partial charge is 0.0357 e. The molecule has 0 fully saturated rings. The van der Waals surface area contributed by atoms with E-state index >= 15 is 0 Å². The molecule has 0 amide bonds. The average Bonchev–Trinajstić information content (AvgIpc) is 2.14. The average molecular weight is 179 g/mol. The second-order valence-corrected chi connectivity index (χ2v) is 3.16. The largest absolute Gasteiger partial charge is 0.375 e. The molecular weight excluding hydrogens is 158 g/mol. The van der Waals surface area contributed by atoms with Crippen LogP contribution in [0.5, 0.6) is 0 Å². The van der Waals surface area contributed by atoms with Crippen molar-refractivity contribution in [3.05, 3.63) is 37.1 Å². The third kappa shape index (κ3) is 5.29. The van der Waals surface area contributed by atoms with Crippen molar-refractivity contribution < 1.29 is 0 Å². The molecule has 0 bridgehead atoms. The van der Waals surface area contributed by atoms with Gasteiger partial charge in [0.2, 0.25) is 0 Å². The highest BCUT2D eigenvalue weighted by atomic mass is 15.1. The maximum atomic E-state index is 3.77. The summed E-state index contributed by atoms with van der Waals surface area (Å²) in [5, 5.41) is 0. The van der Waals surface area contributed by atoms with Crippen molar-refractivity contribution in [1.82, 2.24) is 4.90 Å². The molecule has 0 rings (SSSR count). The summed E-state index contributed by atoms with van der Waals surface area (Å²) >= 11 is 0. The Bertz CT molecular complexity index is 180. The minimum atomic E-state index is 1.10. The van der Waals surface area contributed by atoms with Gasteiger partial charge in [-0.05, 0) is 18.6 Å². The highest BCUT2D eigenvalue weighted by Crippen LogP contribution is 2.05. The van der Waals surface area contributed by atoms with Crippen molar-refractivity contribution in [3.63, 3.8) is 0 Å². The van der Waals surface area contributed by atoms with Crippen molar-refractivity contribution in [2.45, 2.75) is 26.2 Å². The van der Waals surface area contributed by atoms with E-state index < -0.39 is 0 Å². The quantitative estimate of drug-likeness (QED) is 0.428. The van der Waals surface area contributed by atoms with Gasteiger partial charge in [0.25, 0.3) is 0 Å². The molecule has 0 aromatic carbocycles. The van der Waals surface area contributed by atoms with E-state index in [1.165, 1.54) is 19.3 Å². The summed E-state index contributed by atoms with van der Waals surface area (Å²) < 4.78 is 0. The maximum Gasteiger partial charge on any atom is 0.0357 e. The van der Waals surface area contributed by atoms with Gasteiger partial charge in [-0.3, -0.25) is 0 Å². The predicted octanol–water partition coefficient (Wildman–Crippen LogP) is 3.36. The van der Waals surface area contributed by atoms with Crippen molar-refractivity contribution in [2.24, 2.45) is 0 Å². The third-order valence-corrected chi connectivity index (χ3v) is 2.04. The Hall–Kier alpha value is -0.980. The van der Waals surface area contributed by atoms with Crippen LogP contribution in [0.15, 0.2) is 37.1 Å². The molecule has 0 saturated carbocycles. The summed E-state index contributed by atoms with van der Waals surface area (Å²) in [7, 11) is 2.09. The number of rotatable bonds is 7. The van der Waals surface area contributed by atoms with Crippen LogP contribution >= 0.6 is 0 Å². The van der Waals surface area contributed by atoms with Crippen LogP contribution in [0.1, 0.15) is 26.2 Å². The molecule has 0 unspecified atom stereocenters. The van der Waals surface area contributed by atoms with Crippen LogP contribution in [0.4, 0.5) is 0 Å². The number of allylic oxidation sites excluding steroid dienone is 3. The van der Waals surface area contributed by atoms with Crippen LogP contribution in [0.3, 0.4) is 0 Å². The lowest BCUT2D eigenvalue weighted by Gasteiger charge is -2.19. The fraction of sp³-hybridized carbons (Fsp3) is 0.500. The second kappa shape index (κ2) is 7.66. The lowest BCUT2D eigenvalue weighted by molar-refractivity contribution is 0.413. The first-order chi connectivity index (χ1) is 6.26. The third-order valence-electron chi connectivity index (χ3n) is 2.04. The molecule has 0 aromatic heterocycles. The van der Waals surface area contributed by atoms with Gasteiger partial charge in [-0.25, -0.2) is 0 Å². The minimum absolute atomic E-state index is 1.10. The van der Waals surface area contributed by atoms with Crippen LogP contribution < -0.4 is 0 Å². The van der Waals surface area contributed by atoms with Gasteiger partial charge >= 0.3 is 0 Å². The normalized spacial score (nSPS) is 11.1. The standard InChI is InChI=1S/C12H21N/c1-5-8-9-11-13(4)12(7-3)10-6-2/h6-7,10H,2-3,5,8-9,11H2,1,4H3/b12-10+. The highest BCUT2D eigenvalue weighted by Gasteiger charge is 1.98. The Morgan fingerprint density at radius 2 is 2.00 bits per heavy atom. The summed E-state index contributed by atoms with van der Waals surface area (Å²) in [5.74, 6) is 0. The molecule has 0 radical (unpaired) electrons. The van der Waals surface area contributed by atoms with Crippen molar-refractivity contribution in [1.29, 1.82) is 0 Å². The summed E-state index contributed by atoms with van der Waals surface area (Å²) in [6.45, 7) is 10.8. The Kier molecular flexibility index (Phi) is 7.08. The Labute approximate surface area is 82.4 Å². The highest BCUT2D eigenvalue weighted by molar-refractivity contribution is 5.19. The fourth-order valence-electron chi connectivity index (χ4n) is 1.20. The van der Waals surface area contributed by atoms with E-state index in [0.29, 0.717) is 0 Å². The van der Waals surface area contributed by atoms with Crippen LogP contribution in [-0.4, -0.2) is 18.5 Å². The molecule has 1 heteroatoms. The molecule has 0 aliphatic rings. The second-order valence-electron chi connectivity index (χ2n) is 3.16. The minimum Gasteiger partial charge on any atom is -0.375 e. The Morgan fingerprint density at radius 1 is 1.31 bits per heavy atom. The first-order valence-electron chi connectivity index (χ1n) is 4.92. The molecule has 0 atom stereocenters. The molecule has 74 valence electrons. The van der Waals surface area contributed by atoms with Crippen LogP contribution in [0, 0.1) is 0 Å². The molecule has 0 saturated heterocycles. The van der Waals surface area contributed by atoms with E-state index in [9.17, 15) is 0 Å². The van der Waals surface area contributed by atoms with Gasteiger partial charge in [0, 0.05) is 19.3 Å². The van der Waals surface area contributed by atoms with E-state index in [0.717, 1.165) is 12.2 Å². The van der Waals surface area contributed by atoms with E-state index in [1.54, 1.807) is 6.08 Å². The van der Waals surface area contributed by atoms with Gasteiger partial charge in [-0.1, -0.05) is 39.0 Å². The molecule has 0 aromatic rings. The molecule has 0 heterocycles. The van der Waals surface area contributed by atoms with E-state index in [-0.39, 0.29) is 0 Å². The van der Waals surface area contributed by atoms with Gasteiger partial charge in [0.05, 0.1) is 0 Å². The molecular formula is C12H21N. The Morgan fingerprint density at radius 3 is 2.46 bits per heavy atom. The number of likely N-dealkylation sites (N-methyl/N-ethyl adjacent to an activating group) is 1. The molecule has 13 heavy (non-hydrogen) atoms. The summed E-state index contributed by atoms with van der Waals surface area (Å²) in [4.78, 5) is 2.21. The zero-order valence-electron chi connectivity index (χ0n) is 8.92. The van der Waals surface area contributed by atoms with Gasteiger partial charge in [-0.2, -0.15) is 0 Å². The van der Waals surface area contributed by atoms with Gasteiger partial charge < -0.3 is 4.90 Å². The molecule has 0 spiro atoms. The zero-order chi connectivity index (χ0) is 10.1. The Balaban J connectivity index is 3.91. The van der Waals surface area contributed by atoms with Gasteiger partial charge in [0.1, 0.15) is 0 Å². The van der Waals surface area contributed by atoms with Crippen molar-refractivity contribution in [2.75, 3.05) is 13.6 Å². The molecule has 0 aliphatic carbocycles. The summed E-state index contributed by atoms with van der Waals surface area (Å²) in [5.41, 5.74) is 1.14. The van der Waals surface area contributed by atoms with E-state index in [1.807, 2.05) is 12.2 Å². The van der Waals surface area contributed by atoms with Gasteiger partial charge in [-0.15, -0.1) is 0 Å². The number of hydrogen-bond donors (Lipinski definition) is 0. The first kappa shape index (κ1) is 12.0. The number of unbranched alkanes of at least 4 members (excludes halogenated alkanes) is 2. The lowest BCUT2D eigenvalue weighted by atomic mass is 10.2. The van der Waals surface area contributed by atoms with E-state index in [2.05, 4.69) is 32.0 Å². The molecule has 1 nitrogen and oxygen atoms in total. The summed E-state index contributed by atoms with van der Waals surface area (Å²) in [6, 6.07) is 0. The van der Waals surface area contributed by atoms with Crippen LogP contribution in [-0.2, 0) is 0 Å². The SMILES string of the molecule is C=C/C=C(\C=C)N(C)CCCCC. The predicted molar refractivity (Wildman–Crippen MR) is 60.6 cm³/mol. The first-order valence-corrected chi connectivity index (χ1v) is 4.92. The van der Waals surface area contributed by atoms with Gasteiger partial charge in [0.15, 0.2) is 0 Å². The van der Waals surface area contributed by atoms with Crippen LogP contribution in [0.25, 0.3) is 0 Å². The topological polar surface area (TPSA) is 3.24 Å². The molecule has 0 aliphatic heterocycles.